The van der Waals surface area contributed by atoms with Crippen molar-refractivity contribution < 1.29 is 9.59 Å². The van der Waals surface area contributed by atoms with E-state index < -0.39 is 11.8 Å². The molecule has 0 N–H and O–H groups in total. The number of nitrogens with zero attached hydrogens (tertiary/aromatic N) is 3. The Labute approximate surface area is 238 Å². The number of carbonyl (C=O) groups excluding carboxylic acids is 2. The molecule has 1 saturated heterocycles. The lowest BCUT2D eigenvalue weighted by molar-refractivity contribution is -0.120. The summed E-state index contributed by atoms with van der Waals surface area (Å²) in [6.07, 6.45) is 1.70. The molecule has 6 heteroatoms. The van der Waals surface area contributed by atoms with Crippen LogP contribution in [0.3, 0.4) is 0 Å². The molecule has 40 heavy (non-hydrogen) atoms. The fraction of sp³-hybridized carbons (Fsp3) is 0.0294. The van der Waals surface area contributed by atoms with E-state index in [9.17, 15) is 9.59 Å². The third-order valence-electron chi connectivity index (χ3n) is 6.85. The lowest BCUT2D eigenvalue weighted by atomic mass is 10.0. The Kier molecular flexibility index (Phi) is 6.68. The van der Waals surface area contributed by atoms with E-state index in [0.29, 0.717) is 11.4 Å². The second-order valence-electron chi connectivity index (χ2n) is 9.42. The van der Waals surface area contributed by atoms with E-state index in [1.165, 1.54) is 9.80 Å². The number of hydrogen-bond acceptors (Lipinski definition) is 3. The van der Waals surface area contributed by atoms with Gasteiger partial charge in [0.25, 0.3) is 11.8 Å². The van der Waals surface area contributed by atoms with Gasteiger partial charge in [0.1, 0.15) is 5.57 Å². The van der Waals surface area contributed by atoms with Gasteiger partial charge in [0.2, 0.25) is 0 Å². The van der Waals surface area contributed by atoms with E-state index in [4.69, 9.17) is 12.2 Å². The molecular weight excluding hydrogens is 514 g/mol. The predicted octanol–water partition coefficient (Wildman–Crippen LogP) is 7.20. The summed E-state index contributed by atoms with van der Waals surface area (Å²) in [5, 5.41) is 0.117. The standard InChI is InChI=1S/C34H25N3O2S/c1-24-22-26(31(25-14-6-2-7-15-25)35(24)27-16-8-3-9-17-27)23-30-32(38)36(28-18-10-4-11-19-28)34(40)37(33(30)39)29-20-12-5-13-21-29/h2-23H,1H3. The molecule has 1 aliphatic heterocycles. The van der Waals surface area contributed by atoms with Crippen molar-refractivity contribution >= 4 is 46.6 Å². The molecule has 2 heterocycles. The molecule has 2 amide bonds. The van der Waals surface area contributed by atoms with Crippen LogP contribution in [0.25, 0.3) is 23.0 Å². The van der Waals surface area contributed by atoms with Crippen molar-refractivity contribution in [2.24, 2.45) is 0 Å². The Bertz CT molecular complexity index is 1680. The number of para-hydroxylation sites is 3. The highest BCUT2D eigenvalue weighted by Crippen LogP contribution is 2.35. The summed E-state index contributed by atoms with van der Waals surface area (Å²) in [5.41, 5.74) is 5.81. The normalized spacial score (nSPS) is 13.6. The highest BCUT2D eigenvalue weighted by Gasteiger charge is 2.41. The van der Waals surface area contributed by atoms with Crippen LogP contribution in [0.4, 0.5) is 11.4 Å². The van der Waals surface area contributed by atoms with E-state index in [-0.39, 0.29) is 10.7 Å². The van der Waals surface area contributed by atoms with Crippen LogP contribution in [0.1, 0.15) is 11.3 Å². The summed E-state index contributed by atoms with van der Waals surface area (Å²) < 4.78 is 2.15. The molecule has 194 valence electrons. The topological polar surface area (TPSA) is 45.6 Å². The molecule has 0 spiro atoms. The predicted molar refractivity (Wildman–Crippen MR) is 164 cm³/mol. The molecule has 5 aromatic rings. The first-order chi connectivity index (χ1) is 19.5. The molecule has 0 aliphatic carbocycles. The molecule has 4 aromatic carbocycles. The van der Waals surface area contributed by atoms with Crippen molar-refractivity contribution in [3.63, 3.8) is 0 Å². The minimum absolute atomic E-state index is 0.0312. The van der Waals surface area contributed by atoms with Gasteiger partial charge in [-0.1, -0.05) is 84.9 Å². The zero-order chi connectivity index (χ0) is 27.6. The molecule has 1 aromatic heterocycles. The van der Waals surface area contributed by atoms with E-state index in [1.54, 1.807) is 6.08 Å². The summed E-state index contributed by atoms with van der Waals surface area (Å²) in [6.45, 7) is 2.02. The summed E-state index contributed by atoms with van der Waals surface area (Å²) in [6, 6.07) is 40.4. The van der Waals surface area contributed by atoms with Gasteiger partial charge in [-0.15, -0.1) is 0 Å². The minimum atomic E-state index is -0.461. The van der Waals surface area contributed by atoms with Crippen LogP contribution in [0, 0.1) is 6.92 Å². The van der Waals surface area contributed by atoms with Gasteiger partial charge in [-0.05, 0) is 73.2 Å². The van der Waals surface area contributed by atoms with Crippen LogP contribution < -0.4 is 9.80 Å². The van der Waals surface area contributed by atoms with Crippen molar-refractivity contribution in [2.75, 3.05) is 9.80 Å². The SMILES string of the molecule is Cc1cc(C=C2C(=O)N(c3ccccc3)C(=S)N(c3ccccc3)C2=O)c(-c2ccccc2)n1-c1ccccc1. The Hall–Kier alpha value is -5.07. The number of rotatable bonds is 5. The molecule has 1 fully saturated rings. The second-order valence-corrected chi connectivity index (χ2v) is 9.78. The lowest BCUT2D eigenvalue weighted by Gasteiger charge is -2.36. The first-order valence-corrected chi connectivity index (χ1v) is 13.3. The number of benzene rings is 4. The molecule has 0 radical (unpaired) electrons. The molecule has 6 rings (SSSR count). The lowest BCUT2D eigenvalue weighted by Crippen LogP contribution is -2.56. The monoisotopic (exact) mass is 539 g/mol. The van der Waals surface area contributed by atoms with Gasteiger partial charge in [-0.25, -0.2) is 0 Å². The maximum Gasteiger partial charge on any atom is 0.270 e. The van der Waals surface area contributed by atoms with Gasteiger partial charge in [0, 0.05) is 16.9 Å². The Morgan fingerprint density at radius 3 is 1.50 bits per heavy atom. The van der Waals surface area contributed by atoms with Crippen molar-refractivity contribution in [2.45, 2.75) is 6.92 Å². The highest BCUT2D eigenvalue weighted by molar-refractivity contribution is 7.81. The molecule has 1 aliphatic rings. The quantitative estimate of drug-likeness (QED) is 0.135. The van der Waals surface area contributed by atoms with Crippen molar-refractivity contribution in [3.05, 3.63) is 144 Å². The first kappa shape index (κ1) is 25.2. The molecule has 0 bridgehead atoms. The number of hydrogen-bond donors (Lipinski definition) is 0. The largest absolute Gasteiger partial charge is 0.313 e. The third kappa shape index (κ3) is 4.44. The third-order valence-corrected chi connectivity index (χ3v) is 7.22. The van der Waals surface area contributed by atoms with Crippen molar-refractivity contribution in [1.29, 1.82) is 0 Å². The number of aryl methyl sites for hydroxylation is 1. The van der Waals surface area contributed by atoms with Gasteiger partial charge >= 0.3 is 0 Å². The van der Waals surface area contributed by atoms with Crippen molar-refractivity contribution in [1.82, 2.24) is 4.57 Å². The van der Waals surface area contributed by atoms with Crippen LogP contribution in [0.15, 0.2) is 133 Å². The molecule has 0 unspecified atom stereocenters. The molecule has 5 nitrogen and oxygen atoms in total. The average Bonchev–Trinajstić information content (AvgIpc) is 3.32. The first-order valence-electron chi connectivity index (χ1n) is 12.9. The van der Waals surface area contributed by atoms with Gasteiger partial charge in [-0.3, -0.25) is 19.4 Å². The van der Waals surface area contributed by atoms with E-state index in [2.05, 4.69) is 4.57 Å². The zero-order valence-electron chi connectivity index (χ0n) is 21.8. The van der Waals surface area contributed by atoms with Crippen LogP contribution in [0.5, 0.6) is 0 Å². The van der Waals surface area contributed by atoms with Crippen LogP contribution in [-0.2, 0) is 9.59 Å². The van der Waals surface area contributed by atoms with Crippen LogP contribution in [0.2, 0.25) is 0 Å². The molecular formula is C34H25N3O2S. The number of amides is 2. The summed E-state index contributed by atoms with van der Waals surface area (Å²) >= 11 is 5.75. The fourth-order valence-electron chi connectivity index (χ4n) is 5.07. The van der Waals surface area contributed by atoms with Gasteiger partial charge in [0.15, 0.2) is 5.11 Å². The average molecular weight is 540 g/mol. The smallest absolute Gasteiger partial charge is 0.270 e. The maximum absolute atomic E-state index is 14.1. The summed E-state index contributed by atoms with van der Waals surface area (Å²) in [5.74, 6) is -0.921. The minimum Gasteiger partial charge on any atom is -0.313 e. The van der Waals surface area contributed by atoms with Crippen LogP contribution in [-0.4, -0.2) is 21.5 Å². The van der Waals surface area contributed by atoms with Crippen molar-refractivity contribution in [3.8, 4) is 16.9 Å². The number of aromatic nitrogens is 1. The molecule has 0 saturated carbocycles. The zero-order valence-corrected chi connectivity index (χ0v) is 22.6. The van der Waals surface area contributed by atoms with Crippen LogP contribution >= 0.6 is 12.2 Å². The Morgan fingerprint density at radius 1 is 0.600 bits per heavy atom. The number of carbonyl (C=O) groups is 2. The Morgan fingerprint density at radius 2 is 1.02 bits per heavy atom. The summed E-state index contributed by atoms with van der Waals surface area (Å²) in [4.78, 5) is 31.0. The second kappa shape index (κ2) is 10.6. The van der Waals surface area contributed by atoms with Gasteiger partial charge in [-0.2, -0.15) is 0 Å². The molecule has 0 atom stereocenters. The Balaban J connectivity index is 1.57. The highest BCUT2D eigenvalue weighted by atomic mass is 32.1. The summed E-state index contributed by atoms with van der Waals surface area (Å²) in [7, 11) is 0. The fourth-order valence-corrected chi connectivity index (χ4v) is 5.45. The van der Waals surface area contributed by atoms with E-state index in [0.717, 1.165) is 28.2 Å². The van der Waals surface area contributed by atoms with Gasteiger partial charge < -0.3 is 4.57 Å². The van der Waals surface area contributed by atoms with E-state index >= 15 is 0 Å². The number of thiocarbonyl (C=S) groups is 1. The van der Waals surface area contributed by atoms with E-state index in [1.807, 2.05) is 134 Å². The maximum atomic E-state index is 14.1. The van der Waals surface area contributed by atoms with Gasteiger partial charge in [0.05, 0.1) is 17.1 Å². The number of anilines is 2.